The van der Waals surface area contributed by atoms with Crippen LogP contribution in [0.2, 0.25) is 0 Å². The third-order valence-electron chi connectivity index (χ3n) is 4.40. The van der Waals surface area contributed by atoms with E-state index in [2.05, 4.69) is 34.2 Å². The zero-order valence-electron chi connectivity index (χ0n) is 15.7. The van der Waals surface area contributed by atoms with Crippen molar-refractivity contribution in [2.24, 2.45) is 10.9 Å². The normalized spacial score (nSPS) is 18.7. The topological polar surface area (TPSA) is 91.8 Å². The summed E-state index contributed by atoms with van der Waals surface area (Å²) >= 11 is 0. The van der Waals surface area contributed by atoms with Crippen LogP contribution >= 0.6 is 24.0 Å². The maximum Gasteiger partial charge on any atom is 0.213 e. The van der Waals surface area contributed by atoms with Gasteiger partial charge in [0.05, 0.1) is 11.9 Å². The maximum absolute atomic E-state index is 12.0. The summed E-state index contributed by atoms with van der Waals surface area (Å²) in [5.74, 6) is 1.27. The van der Waals surface area contributed by atoms with Crippen molar-refractivity contribution >= 4 is 40.0 Å². The SMILES string of the molecule is CCC(CC)CNC(=NC)NCCS(=O)(=O)NCC1CCCCO1.I. The van der Waals surface area contributed by atoms with E-state index >= 15 is 0 Å². The number of sulfonamides is 1. The van der Waals surface area contributed by atoms with Crippen LogP contribution in [0.3, 0.4) is 0 Å². The summed E-state index contributed by atoms with van der Waals surface area (Å²) in [5.41, 5.74) is 0. The van der Waals surface area contributed by atoms with E-state index in [1.807, 2.05) is 0 Å². The van der Waals surface area contributed by atoms with Gasteiger partial charge in [0.25, 0.3) is 0 Å². The molecule has 0 saturated carbocycles. The largest absolute Gasteiger partial charge is 0.377 e. The van der Waals surface area contributed by atoms with Crippen molar-refractivity contribution in [3.8, 4) is 0 Å². The Morgan fingerprint density at radius 3 is 2.52 bits per heavy atom. The van der Waals surface area contributed by atoms with Crippen LogP contribution in [0.25, 0.3) is 0 Å². The molecule has 1 aliphatic heterocycles. The minimum atomic E-state index is -3.30. The third kappa shape index (κ3) is 11.2. The van der Waals surface area contributed by atoms with Crippen molar-refractivity contribution in [3.63, 3.8) is 0 Å². The number of nitrogens with one attached hydrogen (secondary N) is 3. The zero-order valence-corrected chi connectivity index (χ0v) is 18.9. The average Bonchev–Trinajstić information content (AvgIpc) is 2.60. The predicted molar refractivity (Wildman–Crippen MR) is 114 cm³/mol. The molecule has 1 heterocycles. The van der Waals surface area contributed by atoms with Crippen LogP contribution in [0.4, 0.5) is 0 Å². The molecule has 3 N–H and O–H groups in total. The second-order valence-electron chi connectivity index (χ2n) is 6.22. The Morgan fingerprint density at radius 2 is 1.96 bits per heavy atom. The van der Waals surface area contributed by atoms with Gasteiger partial charge in [-0.25, -0.2) is 13.1 Å². The van der Waals surface area contributed by atoms with Crippen LogP contribution in [-0.4, -0.2) is 59.5 Å². The summed E-state index contributed by atoms with van der Waals surface area (Å²) in [5, 5.41) is 6.30. The first kappa shape index (κ1) is 24.9. The van der Waals surface area contributed by atoms with Gasteiger partial charge in [0.1, 0.15) is 0 Å². The van der Waals surface area contributed by atoms with Gasteiger partial charge in [-0.2, -0.15) is 0 Å². The Kier molecular flexibility index (Phi) is 13.9. The molecular weight excluding hydrogens is 455 g/mol. The first-order chi connectivity index (χ1) is 11.5. The van der Waals surface area contributed by atoms with Crippen LogP contribution in [0.15, 0.2) is 4.99 Å². The molecule has 0 spiro atoms. The molecule has 9 heteroatoms. The fourth-order valence-electron chi connectivity index (χ4n) is 2.60. The van der Waals surface area contributed by atoms with E-state index < -0.39 is 10.0 Å². The molecule has 0 amide bonds. The standard InChI is InChI=1S/C16H34N4O3S.HI/c1-4-14(5-2)12-19-16(17-3)18-9-11-24(21,22)20-13-15-8-6-7-10-23-15;/h14-15,20H,4-13H2,1-3H3,(H2,17,18,19);1H. The third-order valence-corrected chi connectivity index (χ3v) is 5.75. The molecule has 1 aliphatic rings. The number of hydrogen-bond acceptors (Lipinski definition) is 4. The van der Waals surface area contributed by atoms with E-state index in [0.29, 0.717) is 25.0 Å². The highest BCUT2D eigenvalue weighted by atomic mass is 127. The number of hydrogen-bond donors (Lipinski definition) is 3. The molecule has 1 atom stereocenters. The number of halogens is 1. The lowest BCUT2D eigenvalue weighted by Crippen LogP contribution is -2.43. The Morgan fingerprint density at radius 1 is 1.24 bits per heavy atom. The molecule has 0 aromatic heterocycles. The summed E-state index contributed by atoms with van der Waals surface area (Å²) in [4.78, 5) is 4.13. The van der Waals surface area contributed by atoms with Crippen molar-refractivity contribution in [1.29, 1.82) is 0 Å². The van der Waals surface area contributed by atoms with Crippen LogP contribution in [-0.2, 0) is 14.8 Å². The number of aliphatic imine (C=N–C) groups is 1. The molecule has 1 rings (SSSR count). The average molecular weight is 490 g/mol. The highest BCUT2D eigenvalue weighted by molar-refractivity contribution is 14.0. The van der Waals surface area contributed by atoms with Gasteiger partial charge in [0.15, 0.2) is 5.96 Å². The molecule has 1 unspecified atom stereocenters. The molecule has 0 aromatic carbocycles. The van der Waals surface area contributed by atoms with E-state index in [1.54, 1.807) is 7.05 Å². The fourth-order valence-corrected chi connectivity index (χ4v) is 3.56. The first-order valence-electron chi connectivity index (χ1n) is 9.04. The second-order valence-corrected chi connectivity index (χ2v) is 8.14. The maximum atomic E-state index is 12.0. The van der Waals surface area contributed by atoms with Gasteiger partial charge in [-0.15, -0.1) is 24.0 Å². The summed E-state index contributed by atoms with van der Waals surface area (Å²) in [7, 11) is -1.61. The van der Waals surface area contributed by atoms with Gasteiger partial charge in [-0.05, 0) is 25.2 Å². The van der Waals surface area contributed by atoms with Crippen molar-refractivity contribution < 1.29 is 13.2 Å². The second kappa shape index (κ2) is 14.0. The minimum absolute atomic E-state index is 0. The van der Waals surface area contributed by atoms with Gasteiger partial charge in [0, 0.05) is 33.3 Å². The predicted octanol–water partition coefficient (Wildman–Crippen LogP) is 1.69. The first-order valence-corrected chi connectivity index (χ1v) is 10.7. The van der Waals surface area contributed by atoms with Crippen LogP contribution in [0.1, 0.15) is 46.0 Å². The van der Waals surface area contributed by atoms with E-state index in [0.717, 1.165) is 45.3 Å². The lowest BCUT2D eigenvalue weighted by Gasteiger charge is -2.22. The Bertz CT molecular complexity index is 464. The van der Waals surface area contributed by atoms with E-state index in [1.165, 1.54) is 0 Å². The molecule has 7 nitrogen and oxygen atoms in total. The van der Waals surface area contributed by atoms with Crippen LogP contribution in [0.5, 0.6) is 0 Å². The molecule has 0 bridgehead atoms. The van der Waals surface area contributed by atoms with Crippen LogP contribution in [0, 0.1) is 5.92 Å². The lowest BCUT2D eigenvalue weighted by molar-refractivity contribution is 0.0200. The van der Waals surface area contributed by atoms with E-state index in [9.17, 15) is 8.42 Å². The van der Waals surface area contributed by atoms with Crippen molar-refractivity contribution in [2.45, 2.75) is 52.1 Å². The molecule has 1 saturated heterocycles. The number of ether oxygens (including phenoxy) is 1. The Labute approximate surface area is 170 Å². The van der Waals surface area contributed by atoms with Gasteiger partial charge in [0.2, 0.25) is 10.0 Å². The number of nitrogens with zero attached hydrogens (tertiary/aromatic N) is 1. The summed E-state index contributed by atoms with van der Waals surface area (Å²) < 4.78 is 32.2. The molecule has 150 valence electrons. The van der Waals surface area contributed by atoms with E-state index in [4.69, 9.17) is 4.74 Å². The summed E-state index contributed by atoms with van der Waals surface area (Å²) in [6.45, 7) is 6.59. The Balaban J connectivity index is 0.00000576. The summed E-state index contributed by atoms with van der Waals surface area (Å²) in [6.07, 6.45) is 5.33. The van der Waals surface area contributed by atoms with Crippen molar-refractivity contribution in [3.05, 3.63) is 0 Å². The number of guanidine groups is 1. The minimum Gasteiger partial charge on any atom is -0.377 e. The molecule has 1 fully saturated rings. The van der Waals surface area contributed by atoms with Gasteiger partial charge in [-0.3, -0.25) is 4.99 Å². The number of rotatable bonds is 10. The highest BCUT2D eigenvalue weighted by Crippen LogP contribution is 2.11. The molecule has 0 aliphatic carbocycles. The fraction of sp³-hybridized carbons (Fsp3) is 0.938. The quantitative estimate of drug-likeness (QED) is 0.246. The summed E-state index contributed by atoms with van der Waals surface area (Å²) in [6, 6.07) is 0. The van der Waals surface area contributed by atoms with Gasteiger partial charge >= 0.3 is 0 Å². The Hall–Kier alpha value is -0.130. The lowest BCUT2D eigenvalue weighted by atomic mass is 10.0. The van der Waals surface area contributed by atoms with Crippen LogP contribution < -0.4 is 15.4 Å². The molecule has 0 radical (unpaired) electrons. The van der Waals surface area contributed by atoms with Crippen molar-refractivity contribution in [1.82, 2.24) is 15.4 Å². The molecular formula is C16H35IN4O3S. The highest BCUT2D eigenvalue weighted by Gasteiger charge is 2.17. The van der Waals surface area contributed by atoms with Gasteiger partial charge < -0.3 is 15.4 Å². The monoisotopic (exact) mass is 490 g/mol. The zero-order chi connectivity index (χ0) is 17.8. The molecule has 0 aromatic rings. The smallest absolute Gasteiger partial charge is 0.213 e. The molecule has 25 heavy (non-hydrogen) atoms. The van der Waals surface area contributed by atoms with Crippen molar-refractivity contribution in [2.75, 3.05) is 39.0 Å². The van der Waals surface area contributed by atoms with Gasteiger partial charge in [-0.1, -0.05) is 26.7 Å². The van der Waals surface area contributed by atoms with E-state index in [-0.39, 0.29) is 35.8 Å².